The molecule has 0 aliphatic carbocycles. The van der Waals surface area contributed by atoms with Gasteiger partial charge < -0.3 is 0 Å². The van der Waals surface area contributed by atoms with Crippen LogP contribution in [0.5, 0.6) is 0 Å². The highest BCUT2D eigenvalue weighted by Crippen LogP contribution is 2.27. The van der Waals surface area contributed by atoms with Gasteiger partial charge in [0.1, 0.15) is 11.0 Å². The van der Waals surface area contributed by atoms with Gasteiger partial charge in [0.25, 0.3) is 0 Å². The van der Waals surface area contributed by atoms with E-state index in [0.29, 0.717) is 5.15 Å². The summed E-state index contributed by atoms with van der Waals surface area (Å²) in [5.74, 6) is 1.07. The Hall–Kier alpha value is -1.41. The number of benzene rings is 1. The molecule has 0 spiro atoms. The van der Waals surface area contributed by atoms with Gasteiger partial charge in [0.2, 0.25) is 0 Å². The summed E-state index contributed by atoms with van der Waals surface area (Å²) in [5, 5.41) is 0.552. The Labute approximate surface area is 126 Å². The van der Waals surface area contributed by atoms with E-state index in [0.717, 1.165) is 35.5 Å². The highest BCUT2D eigenvalue weighted by Gasteiger charge is 2.13. The lowest BCUT2D eigenvalue weighted by Crippen LogP contribution is -2.02. The highest BCUT2D eigenvalue weighted by molar-refractivity contribution is 6.30. The lowest BCUT2D eigenvalue weighted by molar-refractivity contribution is 0.773. The van der Waals surface area contributed by atoms with E-state index in [1.165, 1.54) is 5.56 Å². The van der Waals surface area contributed by atoms with Crippen molar-refractivity contribution in [3.63, 3.8) is 0 Å². The molecule has 3 heteroatoms. The van der Waals surface area contributed by atoms with Crippen LogP contribution in [0.1, 0.15) is 50.1 Å². The van der Waals surface area contributed by atoms with Gasteiger partial charge in [-0.25, -0.2) is 9.97 Å². The SMILES string of the molecule is CCCc1ccc(-c2nc(C(C)C)nc(Cl)c2C)cc1. The molecule has 0 saturated heterocycles. The van der Waals surface area contributed by atoms with Gasteiger partial charge >= 0.3 is 0 Å². The average molecular weight is 289 g/mol. The molecule has 0 bridgehead atoms. The molecule has 0 unspecified atom stereocenters. The van der Waals surface area contributed by atoms with E-state index >= 15 is 0 Å². The zero-order valence-corrected chi connectivity index (χ0v) is 13.3. The Morgan fingerprint density at radius 2 is 1.75 bits per heavy atom. The lowest BCUT2D eigenvalue weighted by Gasteiger charge is -2.11. The van der Waals surface area contributed by atoms with Crippen molar-refractivity contribution in [3.05, 3.63) is 46.4 Å². The molecule has 1 aromatic carbocycles. The zero-order valence-electron chi connectivity index (χ0n) is 12.6. The van der Waals surface area contributed by atoms with E-state index in [1.54, 1.807) is 0 Å². The molecule has 20 heavy (non-hydrogen) atoms. The number of hydrogen-bond acceptors (Lipinski definition) is 2. The molecule has 0 saturated carbocycles. The number of rotatable bonds is 4. The number of nitrogens with zero attached hydrogens (tertiary/aromatic N) is 2. The Balaban J connectivity index is 2.45. The van der Waals surface area contributed by atoms with Crippen molar-refractivity contribution in [2.45, 2.75) is 46.5 Å². The topological polar surface area (TPSA) is 25.8 Å². The molecule has 2 rings (SSSR count). The molecule has 2 nitrogen and oxygen atoms in total. The van der Waals surface area contributed by atoms with Crippen LogP contribution in [0.3, 0.4) is 0 Å². The summed E-state index contributed by atoms with van der Waals surface area (Å²) in [6.07, 6.45) is 2.27. The minimum atomic E-state index is 0.270. The van der Waals surface area contributed by atoms with Crippen molar-refractivity contribution < 1.29 is 0 Å². The standard InChI is InChI=1S/C17H21ClN2/c1-5-6-13-7-9-14(10-8-13)15-12(4)16(18)20-17(19-15)11(2)3/h7-11H,5-6H2,1-4H3. The van der Waals surface area contributed by atoms with Gasteiger partial charge in [-0.15, -0.1) is 0 Å². The van der Waals surface area contributed by atoms with Crippen LogP contribution in [0.2, 0.25) is 5.15 Å². The molecule has 0 fully saturated rings. The van der Waals surface area contributed by atoms with Crippen molar-refractivity contribution in [2.24, 2.45) is 0 Å². The number of hydrogen-bond donors (Lipinski definition) is 0. The van der Waals surface area contributed by atoms with Crippen molar-refractivity contribution >= 4 is 11.6 Å². The minimum Gasteiger partial charge on any atom is -0.232 e. The number of aryl methyl sites for hydroxylation is 1. The van der Waals surface area contributed by atoms with Crippen LogP contribution in [0.4, 0.5) is 0 Å². The highest BCUT2D eigenvalue weighted by atomic mass is 35.5. The van der Waals surface area contributed by atoms with E-state index in [9.17, 15) is 0 Å². The molecule has 106 valence electrons. The Morgan fingerprint density at radius 3 is 2.30 bits per heavy atom. The van der Waals surface area contributed by atoms with Crippen LogP contribution in [0, 0.1) is 6.92 Å². The van der Waals surface area contributed by atoms with Crippen LogP contribution < -0.4 is 0 Å². The van der Waals surface area contributed by atoms with Gasteiger partial charge in [0.15, 0.2) is 0 Å². The molecule has 0 atom stereocenters. The maximum atomic E-state index is 6.24. The van der Waals surface area contributed by atoms with Crippen molar-refractivity contribution in [2.75, 3.05) is 0 Å². The maximum Gasteiger partial charge on any atom is 0.136 e. The van der Waals surface area contributed by atoms with Gasteiger partial charge in [-0.3, -0.25) is 0 Å². The Kier molecular flexibility index (Phi) is 4.77. The summed E-state index contributed by atoms with van der Waals surface area (Å²) in [7, 11) is 0. The quantitative estimate of drug-likeness (QED) is 0.724. The van der Waals surface area contributed by atoms with E-state index in [4.69, 9.17) is 11.6 Å². The molecule has 1 heterocycles. The summed E-state index contributed by atoms with van der Waals surface area (Å²) in [4.78, 5) is 9.04. The number of aromatic nitrogens is 2. The fourth-order valence-electron chi connectivity index (χ4n) is 2.16. The van der Waals surface area contributed by atoms with Crippen LogP contribution in [-0.4, -0.2) is 9.97 Å². The first-order valence-electron chi connectivity index (χ1n) is 7.16. The van der Waals surface area contributed by atoms with E-state index in [2.05, 4.69) is 55.0 Å². The third-order valence-corrected chi connectivity index (χ3v) is 3.75. The summed E-state index contributed by atoms with van der Waals surface area (Å²) < 4.78 is 0. The van der Waals surface area contributed by atoms with Crippen molar-refractivity contribution in [3.8, 4) is 11.3 Å². The van der Waals surface area contributed by atoms with Crippen LogP contribution in [0.25, 0.3) is 11.3 Å². The summed E-state index contributed by atoms with van der Waals surface area (Å²) >= 11 is 6.24. The van der Waals surface area contributed by atoms with Gasteiger partial charge in [0, 0.05) is 17.0 Å². The average Bonchev–Trinajstić information content (AvgIpc) is 2.43. The van der Waals surface area contributed by atoms with Crippen LogP contribution in [-0.2, 0) is 6.42 Å². The number of halogens is 1. The molecule has 0 N–H and O–H groups in total. The largest absolute Gasteiger partial charge is 0.232 e. The second-order valence-corrected chi connectivity index (χ2v) is 5.81. The summed E-state index contributed by atoms with van der Waals surface area (Å²) in [6.45, 7) is 8.32. The molecule has 0 aliphatic heterocycles. The fraction of sp³-hybridized carbons (Fsp3) is 0.412. The summed E-state index contributed by atoms with van der Waals surface area (Å²) in [5.41, 5.74) is 4.35. The fourth-order valence-corrected chi connectivity index (χ4v) is 2.34. The van der Waals surface area contributed by atoms with E-state index in [1.807, 2.05) is 6.92 Å². The van der Waals surface area contributed by atoms with E-state index in [-0.39, 0.29) is 5.92 Å². The maximum absolute atomic E-state index is 6.24. The zero-order chi connectivity index (χ0) is 14.7. The predicted molar refractivity (Wildman–Crippen MR) is 85.3 cm³/mol. The smallest absolute Gasteiger partial charge is 0.136 e. The molecule has 0 amide bonds. The first kappa shape index (κ1) is 15.0. The lowest BCUT2D eigenvalue weighted by atomic mass is 10.0. The molecular formula is C17H21ClN2. The van der Waals surface area contributed by atoms with E-state index < -0.39 is 0 Å². The van der Waals surface area contributed by atoms with Gasteiger partial charge in [-0.1, -0.05) is 63.1 Å². The normalized spacial score (nSPS) is 11.1. The third kappa shape index (κ3) is 3.18. The van der Waals surface area contributed by atoms with Crippen LogP contribution in [0.15, 0.2) is 24.3 Å². The monoisotopic (exact) mass is 288 g/mol. The second-order valence-electron chi connectivity index (χ2n) is 5.45. The van der Waals surface area contributed by atoms with Crippen LogP contribution >= 0.6 is 11.6 Å². The van der Waals surface area contributed by atoms with Crippen molar-refractivity contribution in [1.29, 1.82) is 0 Å². The first-order valence-corrected chi connectivity index (χ1v) is 7.54. The molecule has 2 aromatic rings. The summed E-state index contributed by atoms with van der Waals surface area (Å²) in [6, 6.07) is 8.59. The molecule has 1 aromatic heterocycles. The van der Waals surface area contributed by atoms with Gasteiger partial charge in [0.05, 0.1) is 5.69 Å². The molecular weight excluding hydrogens is 268 g/mol. The molecule has 0 radical (unpaired) electrons. The van der Waals surface area contributed by atoms with Crippen molar-refractivity contribution in [1.82, 2.24) is 9.97 Å². The van der Waals surface area contributed by atoms with Gasteiger partial charge in [-0.05, 0) is 18.9 Å². The minimum absolute atomic E-state index is 0.270. The Bertz CT molecular complexity index is 589. The molecule has 0 aliphatic rings. The first-order chi connectivity index (χ1) is 9.52. The van der Waals surface area contributed by atoms with Gasteiger partial charge in [-0.2, -0.15) is 0 Å². The Morgan fingerprint density at radius 1 is 1.10 bits per heavy atom. The third-order valence-electron chi connectivity index (χ3n) is 3.39. The second kappa shape index (κ2) is 6.36. The predicted octanol–water partition coefficient (Wildman–Crippen LogP) is 5.18.